The molecule has 1 atom stereocenters. The minimum absolute atomic E-state index is 0.426. The van der Waals surface area contributed by atoms with Crippen molar-refractivity contribution >= 4 is 0 Å². The van der Waals surface area contributed by atoms with Crippen molar-refractivity contribution in [3.63, 3.8) is 0 Å². The van der Waals surface area contributed by atoms with Crippen LogP contribution in [0.2, 0.25) is 0 Å². The quantitative estimate of drug-likeness (QED) is 0.695. The van der Waals surface area contributed by atoms with Crippen LogP contribution in [0.1, 0.15) is 83.5 Å². The van der Waals surface area contributed by atoms with E-state index in [9.17, 15) is 5.11 Å². The van der Waals surface area contributed by atoms with E-state index in [1.807, 2.05) is 0 Å². The van der Waals surface area contributed by atoms with Crippen molar-refractivity contribution in [3.05, 3.63) is 12.2 Å². The van der Waals surface area contributed by atoms with Crippen molar-refractivity contribution in [2.45, 2.75) is 89.1 Å². The average Bonchev–Trinajstić information content (AvgIpc) is 2.42. The molecule has 0 radical (unpaired) electrons. The fourth-order valence-corrected chi connectivity index (χ4v) is 2.88. The van der Waals surface area contributed by atoms with Gasteiger partial charge in [0.25, 0.3) is 0 Å². The maximum atomic E-state index is 10.5. The smallest absolute Gasteiger partial charge is 0.0769 e. The van der Waals surface area contributed by atoms with Crippen LogP contribution in [0.4, 0.5) is 0 Å². The summed E-state index contributed by atoms with van der Waals surface area (Å²) in [5.41, 5.74) is 5.17. The zero-order valence-corrected chi connectivity index (χ0v) is 12.6. The van der Waals surface area contributed by atoms with Crippen LogP contribution < -0.4 is 5.73 Å². The van der Waals surface area contributed by atoms with Crippen LogP contribution in [0.3, 0.4) is 0 Å². The van der Waals surface area contributed by atoms with Crippen molar-refractivity contribution in [2.75, 3.05) is 6.54 Å². The standard InChI is InChI=1S/C17H33NO/c18-16-17(19)14-12-10-8-6-4-2-1-3-5-7-9-11-13-15-17/h1-2,19H,3-16,18H2/b2-1-. The monoisotopic (exact) mass is 267 g/mol. The highest BCUT2D eigenvalue weighted by molar-refractivity contribution is 4.82. The third-order valence-electron chi connectivity index (χ3n) is 4.32. The molecule has 19 heavy (non-hydrogen) atoms. The molecular formula is C17H33NO. The van der Waals surface area contributed by atoms with Crippen LogP contribution in [0.25, 0.3) is 0 Å². The maximum Gasteiger partial charge on any atom is 0.0769 e. The second kappa shape index (κ2) is 10.4. The molecule has 1 rings (SSSR count). The van der Waals surface area contributed by atoms with Crippen LogP contribution in [-0.2, 0) is 0 Å². The van der Waals surface area contributed by atoms with Crippen LogP contribution >= 0.6 is 0 Å². The molecule has 0 heterocycles. The van der Waals surface area contributed by atoms with E-state index >= 15 is 0 Å². The van der Waals surface area contributed by atoms with E-state index in [-0.39, 0.29) is 0 Å². The van der Waals surface area contributed by atoms with E-state index in [1.54, 1.807) is 0 Å². The number of nitrogens with two attached hydrogens (primary N) is 1. The van der Waals surface area contributed by atoms with Gasteiger partial charge in [0.05, 0.1) is 5.60 Å². The molecule has 1 aliphatic carbocycles. The average molecular weight is 267 g/mol. The normalized spacial score (nSPS) is 30.8. The molecule has 0 aromatic rings. The Morgan fingerprint density at radius 1 is 0.737 bits per heavy atom. The molecule has 0 fully saturated rings. The summed E-state index contributed by atoms with van der Waals surface area (Å²) in [5.74, 6) is 0. The van der Waals surface area contributed by atoms with E-state index < -0.39 is 5.60 Å². The Morgan fingerprint density at radius 2 is 1.16 bits per heavy atom. The first-order valence-electron chi connectivity index (χ1n) is 8.34. The molecule has 0 saturated heterocycles. The fourth-order valence-electron chi connectivity index (χ4n) is 2.88. The van der Waals surface area contributed by atoms with Gasteiger partial charge in [0, 0.05) is 6.54 Å². The summed E-state index contributed by atoms with van der Waals surface area (Å²) in [6.07, 6.45) is 20.2. The lowest BCUT2D eigenvalue weighted by Crippen LogP contribution is -2.37. The van der Waals surface area contributed by atoms with Gasteiger partial charge in [-0.05, 0) is 38.5 Å². The van der Waals surface area contributed by atoms with Crippen molar-refractivity contribution in [3.8, 4) is 0 Å². The Morgan fingerprint density at radius 3 is 1.63 bits per heavy atom. The first-order chi connectivity index (χ1) is 9.27. The highest BCUT2D eigenvalue weighted by Crippen LogP contribution is 2.22. The summed E-state index contributed by atoms with van der Waals surface area (Å²) < 4.78 is 0. The first kappa shape index (κ1) is 16.7. The van der Waals surface area contributed by atoms with Gasteiger partial charge in [-0.3, -0.25) is 0 Å². The Labute approximate surface area is 119 Å². The van der Waals surface area contributed by atoms with Crippen molar-refractivity contribution in [1.82, 2.24) is 0 Å². The van der Waals surface area contributed by atoms with Gasteiger partial charge in [0.2, 0.25) is 0 Å². The molecule has 0 bridgehead atoms. The number of rotatable bonds is 1. The molecule has 112 valence electrons. The number of hydrogen-bond acceptors (Lipinski definition) is 2. The molecule has 0 spiro atoms. The van der Waals surface area contributed by atoms with Gasteiger partial charge in [-0.25, -0.2) is 0 Å². The van der Waals surface area contributed by atoms with Crippen LogP contribution in [0.15, 0.2) is 12.2 Å². The SMILES string of the molecule is NCC1(O)CCCCCC/C=C\CCCCCCC1. The van der Waals surface area contributed by atoms with Crippen LogP contribution in [-0.4, -0.2) is 17.3 Å². The Bertz CT molecular complexity index is 239. The Balaban J connectivity index is 2.33. The zero-order chi connectivity index (χ0) is 13.8. The first-order valence-corrected chi connectivity index (χ1v) is 8.34. The lowest BCUT2D eigenvalue weighted by molar-refractivity contribution is 0.0264. The van der Waals surface area contributed by atoms with Gasteiger partial charge < -0.3 is 10.8 Å². The van der Waals surface area contributed by atoms with E-state index in [1.165, 1.54) is 57.8 Å². The largest absolute Gasteiger partial charge is 0.389 e. The summed E-state index contributed by atoms with van der Waals surface area (Å²) in [7, 11) is 0. The molecular weight excluding hydrogens is 234 g/mol. The van der Waals surface area contributed by atoms with Gasteiger partial charge in [0.15, 0.2) is 0 Å². The lowest BCUT2D eigenvalue weighted by Gasteiger charge is -2.26. The molecule has 0 aromatic heterocycles. The minimum Gasteiger partial charge on any atom is -0.389 e. The molecule has 3 N–H and O–H groups in total. The molecule has 0 amide bonds. The summed E-state index contributed by atoms with van der Waals surface area (Å²) in [4.78, 5) is 0. The predicted octanol–water partition coefficient (Wildman–Crippen LogP) is 4.32. The second-order valence-electron chi connectivity index (χ2n) is 6.16. The summed E-state index contributed by atoms with van der Waals surface area (Å²) in [6, 6.07) is 0. The third kappa shape index (κ3) is 8.43. The Hall–Kier alpha value is -0.340. The number of hydrogen-bond donors (Lipinski definition) is 2. The van der Waals surface area contributed by atoms with E-state index in [2.05, 4.69) is 12.2 Å². The third-order valence-corrected chi connectivity index (χ3v) is 4.32. The molecule has 0 aliphatic heterocycles. The topological polar surface area (TPSA) is 46.2 Å². The highest BCUT2D eigenvalue weighted by atomic mass is 16.3. The highest BCUT2D eigenvalue weighted by Gasteiger charge is 2.23. The lowest BCUT2D eigenvalue weighted by atomic mass is 9.89. The second-order valence-corrected chi connectivity index (χ2v) is 6.16. The fraction of sp³-hybridized carbons (Fsp3) is 0.882. The molecule has 1 aliphatic rings. The Kier molecular flexibility index (Phi) is 9.19. The van der Waals surface area contributed by atoms with E-state index in [4.69, 9.17) is 5.73 Å². The van der Waals surface area contributed by atoms with Gasteiger partial charge >= 0.3 is 0 Å². The van der Waals surface area contributed by atoms with Crippen LogP contribution in [0, 0.1) is 0 Å². The molecule has 2 nitrogen and oxygen atoms in total. The van der Waals surface area contributed by atoms with Gasteiger partial charge in [-0.1, -0.05) is 57.1 Å². The van der Waals surface area contributed by atoms with Crippen molar-refractivity contribution < 1.29 is 5.11 Å². The number of aliphatic hydroxyl groups is 1. The number of allylic oxidation sites excluding steroid dienone is 2. The van der Waals surface area contributed by atoms with E-state index in [0.29, 0.717) is 6.54 Å². The van der Waals surface area contributed by atoms with E-state index in [0.717, 1.165) is 25.7 Å². The van der Waals surface area contributed by atoms with Gasteiger partial charge in [-0.2, -0.15) is 0 Å². The van der Waals surface area contributed by atoms with Crippen molar-refractivity contribution in [2.24, 2.45) is 5.73 Å². The molecule has 0 saturated carbocycles. The predicted molar refractivity (Wildman–Crippen MR) is 83.2 cm³/mol. The molecule has 1 unspecified atom stereocenters. The molecule has 2 heteroatoms. The van der Waals surface area contributed by atoms with Crippen molar-refractivity contribution in [1.29, 1.82) is 0 Å². The summed E-state index contributed by atoms with van der Waals surface area (Å²) in [6.45, 7) is 0.426. The maximum absolute atomic E-state index is 10.5. The minimum atomic E-state index is -0.586. The van der Waals surface area contributed by atoms with Gasteiger partial charge in [0.1, 0.15) is 0 Å². The molecule has 0 aromatic carbocycles. The summed E-state index contributed by atoms with van der Waals surface area (Å²) in [5, 5.41) is 10.5. The van der Waals surface area contributed by atoms with Gasteiger partial charge in [-0.15, -0.1) is 0 Å². The zero-order valence-electron chi connectivity index (χ0n) is 12.6. The summed E-state index contributed by atoms with van der Waals surface area (Å²) >= 11 is 0. The van der Waals surface area contributed by atoms with Crippen LogP contribution in [0.5, 0.6) is 0 Å².